The molecule has 2 bridgehead atoms. The summed E-state index contributed by atoms with van der Waals surface area (Å²) < 4.78 is 0. The van der Waals surface area contributed by atoms with Crippen LogP contribution in [0.2, 0.25) is 0 Å². The second kappa shape index (κ2) is 4.81. The van der Waals surface area contributed by atoms with Crippen molar-refractivity contribution in [2.45, 2.75) is 37.8 Å². The van der Waals surface area contributed by atoms with E-state index >= 15 is 0 Å². The Morgan fingerprint density at radius 2 is 2.28 bits per heavy atom. The van der Waals surface area contributed by atoms with E-state index in [-0.39, 0.29) is 32.7 Å². The predicted octanol–water partition coefficient (Wildman–Crippen LogP) is 2.60. The molecule has 91 valence electrons. The van der Waals surface area contributed by atoms with Crippen LogP contribution in [0, 0.1) is 12.0 Å². The van der Waals surface area contributed by atoms with E-state index in [2.05, 4.69) is 30.1 Å². The molecule has 2 nitrogen and oxygen atoms in total. The van der Waals surface area contributed by atoms with Gasteiger partial charge in [0.15, 0.2) is 0 Å². The molecule has 0 N–H and O–H groups in total. The molecule has 18 heavy (non-hydrogen) atoms. The summed E-state index contributed by atoms with van der Waals surface area (Å²) in [6, 6.07) is 10.8. The molecule has 2 aliphatic heterocycles. The molecule has 1 aliphatic carbocycles. The van der Waals surface area contributed by atoms with Crippen molar-refractivity contribution in [2.75, 3.05) is 7.05 Å². The second-order valence-corrected chi connectivity index (χ2v) is 5.67. The van der Waals surface area contributed by atoms with Crippen LogP contribution in [0.3, 0.4) is 0 Å². The van der Waals surface area contributed by atoms with Gasteiger partial charge < -0.3 is 0 Å². The summed E-state index contributed by atoms with van der Waals surface area (Å²) in [6.07, 6.45) is 5.24. The van der Waals surface area contributed by atoms with Gasteiger partial charge in [0.1, 0.15) is 0 Å². The van der Waals surface area contributed by atoms with Gasteiger partial charge in [-0.2, -0.15) is 18.2 Å². The molecule has 1 radical (unpaired) electrons. The van der Waals surface area contributed by atoms with Gasteiger partial charge in [0.2, 0.25) is 0 Å². The minimum absolute atomic E-state index is 0. The quantitative estimate of drug-likeness (QED) is 0.728. The molecule has 1 saturated carbocycles. The van der Waals surface area contributed by atoms with Crippen molar-refractivity contribution >= 4 is 11.4 Å². The summed E-state index contributed by atoms with van der Waals surface area (Å²) in [5.41, 5.74) is 3.93. The maximum atomic E-state index is 4.86. The SMILES string of the molecule is CN1[C@@H]2CC[C@@H](C2)[C@H]1C1=Nc2cc[c-]cc2C1.[Y]. The van der Waals surface area contributed by atoms with E-state index in [0.717, 1.165) is 18.4 Å². The summed E-state index contributed by atoms with van der Waals surface area (Å²) in [6.45, 7) is 0. The van der Waals surface area contributed by atoms with Crippen molar-refractivity contribution in [1.82, 2.24) is 4.90 Å². The fourth-order valence-corrected chi connectivity index (χ4v) is 3.98. The van der Waals surface area contributed by atoms with Crippen LogP contribution in [0.25, 0.3) is 0 Å². The first-order valence-electron chi connectivity index (χ1n) is 6.61. The molecular weight excluding hydrogens is 297 g/mol. The Hall–Kier alpha value is -0.0461. The third kappa shape index (κ3) is 1.85. The van der Waals surface area contributed by atoms with Crippen LogP contribution in [0.1, 0.15) is 24.8 Å². The normalized spacial score (nSPS) is 33.2. The first kappa shape index (κ1) is 13.0. The number of piperidine rings is 1. The second-order valence-electron chi connectivity index (χ2n) is 5.67. The van der Waals surface area contributed by atoms with Gasteiger partial charge in [-0.1, -0.05) is 0 Å². The number of likely N-dealkylation sites (tertiary alicyclic amines) is 1. The van der Waals surface area contributed by atoms with E-state index < -0.39 is 0 Å². The third-order valence-electron chi connectivity index (χ3n) is 4.81. The summed E-state index contributed by atoms with van der Waals surface area (Å²) in [4.78, 5) is 7.43. The molecule has 3 heteroatoms. The maximum absolute atomic E-state index is 4.86. The molecule has 3 atom stereocenters. The smallest absolute Gasteiger partial charge is 0.0502 e. The number of rotatable bonds is 1. The van der Waals surface area contributed by atoms with Gasteiger partial charge in [-0.3, -0.25) is 9.89 Å². The van der Waals surface area contributed by atoms with Crippen molar-refractivity contribution in [3.05, 3.63) is 29.8 Å². The standard InChI is InChI=1S/C15H17N2.Y/c1-17-12-7-6-11(8-12)15(17)14-9-10-4-2-3-5-13(10)16-14;/h3-5,11-12,15H,6-9H2,1H3;/q-1;/t11-,12+,15-;/m0./s1. The zero-order valence-corrected chi connectivity index (χ0v) is 13.6. The Morgan fingerprint density at radius 1 is 1.39 bits per heavy atom. The van der Waals surface area contributed by atoms with Gasteiger partial charge in [0.25, 0.3) is 0 Å². The first-order valence-corrected chi connectivity index (χ1v) is 6.61. The number of nitrogens with zero attached hydrogens (tertiary/aromatic N) is 2. The van der Waals surface area contributed by atoms with E-state index in [1.165, 1.54) is 36.2 Å². The molecule has 1 aromatic carbocycles. The van der Waals surface area contributed by atoms with Crippen LogP contribution >= 0.6 is 0 Å². The minimum Gasteiger partial charge on any atom is -0.295 e. The summed E-state index contributed by atoms with van der Waals surface area (Å²) in [7, 11) is 2.28. The molecule has 0 spiro atoms. The van der Waals surface area contributed by atoms with Crippen molar-refractivity contribution in [2.24, 2.45) is 10.9 Å². The van der Waals surface area contributed by atoms with E-state index in [4.69, 9.17) is 4.99 Å². The summed E-state index contributed by atoms with van der Waals surface area (Å²) in [5, 5.41) is 0. The van der Waals surface area contributed by atoms with Gasteiger partial charge in [-0.25, -0.2) is 0 Å². The van der Waals surface area contributed by atoms with Crippen LogP contribution in [0.5, 0.6) is 0 Å². The Labute approximate surface area is 134 Å². The van der Waals surface area contributed by atoms with Crippen LogP contribution in [0.4, 0.5) is 5.69 Å². The molecular formula is C15H17N2Y-. The zero-order chi connectivity index (χ0) is 11.4. The van der Waals surface area contributed by atoms with Crippen LogP contribution in [0.15, 0.2) is 23.2 Å². The van der Waals surface area contributed by atoms with Gasteiger partial charge in [-0.05, 0) is 44.3 Å². The zero-order valence-electron chi connectivity index (χ0n) is 10.8. The molecule has 1 aromatic rings. The number of hydrogen-bond donors (Lipinski definition) is 0. The molecule has 0 amide bonds. The number of hydrogen-bond acceptors (Lipinski definition) is 2. The van der Waals surface area contributed by atoms with E-state index in [1.807, 2.05) is 6.07 Å². The molecule has 1 saturated heterocycles. The molecule has 4 rings (SSSR count). The fourth-order valence-electron chi connectivity index (χ4n) is 3.98. The minimum atomic E-state index is 0. The summed E-state index contributed by atoms with van der Waals surface area (Å²) >= 11 is 0. The Morgan fingerprint density at radius 3 is 3.00 bits per heavy atom. The van der Waals surface area contributed by atoms with E-state index in [1.54, 1.807) is 0 Å². The van der Waals surface area contributed by atoms with Gasteiger partial charge in [-0.15, -0.1) is 11.6 Å². The molecule has 3 aliphatic rings. The fraction of sp³-hybridized carbons (Fsp3) is 0.533. The Balaban J connectivity index is 0.000001000. The topological polar surface area (TPSA) is 15.6 Å². The van der Waals surface area contributed by atoms with Crippen LogP contribution < -0.4 is 0 Å². The van der Waals surface area contributed by atoms with Crippen molar-refractivity contribution < 1.29 is 32.7 Å². The van der Waals surface area contributed by atoms with Crippen molar-refractivity contribution in [3.63, 3.8) is 0 Å². The number of fused-ring (bicyclic) bond motifs is 3. The Bertz CT molecular complexity index is 495. The van der Waals surface area contributed by atoms with Gasteiger partial charge in [0.05, 0.1) is 6.04 Å². The first-order chi connectivity index (χ1) is 8.33. The predicted molar refractivity (Wildman–Crippen MR) is 68.8 cm³/mol. The molecule has 2 fully saturated rings. The average molecular weight is 314 g/mol. The molecule has 2 heterocycles. The number of aliphatic imine (C=N–C) groups is 1. The summed E-state index contributed by atoms with van der Waals surface area (Å²) in [5.74, 6) is 0.863. The Kier molecular flexibility index (Phi) is 3.46. The number of benzene rings is 1. The monoisotopic (exact) mass is 314 g/mol. The maximum Gasteiger partial charge on any atom is 0.0502 e. The van der Waals surface area contributed by atoms with Crippen LogP contribution in [-0.2, 0) is 39.1 Å². The van der Waals surface area contributed by atoms with E-state index in [9.17, 15) is 0 Å². The molecule has 0 aromatic heterocycles. The van der Waals surface area contributed by atoms with E-state index in [0.29, 0.717) is 6.04 Å². The average Bonchev–Trinajstić information content (AvgIpc) is 3.00. The largest absolute Gasteiger partial charge is 0.295 e. The van der Waals surface area contributed by atoms with Crippen molar-refractivity contribution in [1.29, 1.82) is 0 Å². The van der Waals surface area contributed by atoms with Crippen LogP contribution in [-0.4, -0.2) is 29.7 Å². The van der Waals surface area contributed by atoms with Crippen molar-refractivity contribution in [3.8, 4) is 0 Å². The van der Waals surface area contributed by atoms with Gasteiger partial charge >= 0.3 is 0 Å². The molecule has 0 unspecified atom stereocenters. The third-order valence-corrected chi connectivity index (χ3v) is 4.81. The van der Waals surface area contributed by atoms with Gasteiger partial charge in [0, 0.05) is 44.5 Å².